The summed E-state index contributed by atoms with van der Waals surface area (Å²) in [6, 6.07) is 9.77. The van der Waals surface area contributed by atoms with Gasteiger partial charge in [0.1, 0.15) is 5.94 Å². The SMILES string of the molecule is CC(=C=O)Sc1ccccc1. The van der Waals surface area contributed by atoms with Gasteiger partial charge >= 0.3 is 0 Å². The van der Waals surface area contributed by atoms with Gasteiger partial charge in [-0.15, -0.1) is 0 Å². The third-order valence-electron chi connectivity index (χ3n) is 1.16. The minimum absolute atomic E-state index is 0.663. The van der Waals surface area contributed by atoms with Gasteiger partial charge in [-0.3, -0.25) is 0 Å². The summed E-state index contributed by atoms with van der Waals surface area (Å²) in [6.45, 7) is 1.75. The molecule has 1 nitrogen and oxygen atoms in total. The highest BCUT2D eigenvalue weighted by Crippen LogP contribution is 2.22. The number of thioether (sulfide) groups is 1. The number of rotatable bonds is 2. The molecule has 0 saturated carbocycles. The molecule has 11 heavy (non-hydrogen) atoms. The first-order valence-corrected chi connectivity index (χ1v) is 4.09. The monoisotopic (exact) mass is 164 g/mol. The van der Waals surface area contributed by atoms with Crippen molar-refractivity contribution in [1.29, 1.82) is 0 Å². The topological polar surface area (TPSA) is 17.1 Å². The lowest BCUT2D eigenvalue weighted by Crippen LogP contribution is -1.70. The van der Waals surface area contributed by atoms with Crippen LogP contribution >= 0.6 is 11.8 Å². The molecule has 56 valence electrons. The molecule has 0 aliphatic heterocycles. The molecule has 0 heterocycles. The molecule has 2 heteroatoms. The molecular formula is C9H8OS. The van der Waals surface area contributed by atoms with Crippen LogP contribution in [0, 0.1) is 0 Å². The average Bonchev–Trinajstić information content (AvgIpc) is 2.06. The molecule has 1 rings (SSSR count). The highest BCUT2D eigenvalue weighted by molar-refractivity contribution is 8.03. The molecule has 0 bridgehead atoms. The van der Waals surface area contributed by atoms with Crippen molar-refractivity contribution in [2.75, 3.05) is 0 Å². The molecule has 0 N–H and O–H groups in total. The number of benzene rings is 1. The van der Waals surface area contributed by atoms with Crippen molar-refractivity contribution >= 4 is 17.7 Å². The van der Waals surface area contributed by atoms with Gasteiger partial charge in [0.15, 0.2) is 0 Å². The van der Waals surface area contributed by atoms with Crippen LogP contribution in [0.1, 0.15) is 6.92 Å². The van der Waals surface area contributed by atoms with Crippen LogP contribution in [0.4, 0.5) is 0 Å². The predicted molar refractivity (Wildman–Crippen MR) is 47.2 cm³/mol. The quantitative estimate of drug-likeness (QED) is 0.493. The fourth-order valence-corrected chi connectivity index (χ4v) is 1.37. The van der Waals surface area contributed by atoms with Crippen molar-refractivity contribution in [3.8, 4) is 0 Å². The molecule has 0 spiro atoms. The van der Waals surface area contributed by atoms with Crippen LogP contribution in [0.3, 0.4) is 0 Å². The lowest BCUT2D eigenvalue weighted by atomic mass is 10.4. The highest BCUT2D eigenvalue weighted by atomic mass is 32.2. The van der Waals surface area contributed by atoms with Crippen molar-refractivity contribution in [3.05, 3.63) is 35.2 Å². The van der Waals surface area contributed by atoms with E-state index < -0.39 is 0 Å². The summed E-state index contributed by atoms with van der Waals surface area (Å²) < 4.78 is 0. The largest absolute Gasteiger partial charge is 0.233 e. The molecule has 0 aliphatic carbocycles. The Morgan fingerprint density at radius 2 is 2.00 bits per heavy atom. The molecule has 0 aliphatic rings. The zero-order valence-electron chi connectivity index (χ0n) is 6.20. The first-order valence-electron chi connectivity index (χ1n) is 3.27. The molecule has 1 aromatic carbocycles. The Morgan fingerprint density at radius 3 is 2.55 bits per heavy atom. The van der Waals surface area contributed by atoms with Gasteiger partial charge in [-0.05, 0) is 19.1 Å². The van der Waals surface area contributed by atoms with Crippen molar-refractivity contribution in [2.24, 2.45) is 0 Å². The first-order chi connectivity index (χ1) is 5.33. The Kier molecular flexibility index (Phi) is 2.96. The summed E-state index contributed by atoms with van der Waals surface area (Å²) in [5.74, 6) is 1.84. The molecule has 0 saturated heterocycles. The summed E-state index contributed by atoms with van der Waals surface area (Å²) >= 11 is 1.44. The molecule has 0 fully saturated rings. The summed E-state index contributed by atoms with van der Waals surface area (Å²) in [4.78, 5) is 11.9. The average molecular weight is 164 g/mol. The van der Waals surface area contributed by atoms with Crippen molar-refractivity contribution < 1.29 is 4.79 Å². The zero-order valence-corrected chi connectivity index (χ0v) is 7.02. The maximum Gasteiger partial charge on any atom is 0.134 e. The van der Waals surface area contributed by atoms with E-state index in [2.05, 4.69) is 0 Å². The molecule has 0 unspecified atom stereocenters. The Bertz CT molecular complexity index is 273. The number of carbonyl (C=O) groups excluding carboxylic acids is 1. The van der Waals surface area contributed by atoms with Crippen molar-refractivity contribution in [2.45, 2.75) is 11.8 Å². The number of allylic oxidation sites excluding steroid dienone is 1. The van der Waals surface area contributed by atoms with Gasteiger partial charge in [0.2, 0.25) is 0 Å². The second-order valence-electron chi connectivity index (χ2n) is 2.07. The molecule has 1 aromatic rings. The molecule has 0 atom stereocenters. The fourth-order valence-electron chi connectivity index (χ4n) is 0.686. The maximum atomic E-state index is 10.1. The van der Waals surface area contributed by atoms with Crippen LogP contribution in [0.2, 0.25) is 0 Å². The standard InChI is InChI=1S/C9H8OS/c1-8(7-10)11-9-5-3-2-4-6-9/h2-6H,1H3. The van der Waals surface area contributed by atoms with Crippen LogP contribution in [0.15, 0.2) is 40.1 Å². The third-order valence-corrected chi connectivity index (χ3v) is 2.06. The van der Waals surface area contributed by atoms with E-state index in [0.29, 0.717) is 4.91 Å². The second kappa shape index (κ2) is 4.02. The van der Waals surface area contributed by atoms with Crippen LogP contribution < -0.4 is 0 Å². The lowest BCUT2D eigenvalue weighted by Gasteiger charge is -1.95. The Morgan fingerprint density at radius 1 is 1.36 bits per heavy atom. The number of hydrogen-bond donors (Lipinski definition) is 0. The van der Waals surface area contributed by atoms with E-state index in [4.69, 9.17) is 0 Å². The lowest BCUT2D eigenvalue weighted by molar-refractivity contribution is 0.568. The minimum Gasteiger partial charge on any atom is -0.233 e. The molecule has 0 amide bonds. The van der Waals surface area contributed by atoms with Gasteiger partial charge in [-0.25, -0.2) is 4.79 Å². The van der Waals surface area contributed by atoms with Gasteiger partial charge in [-0.2, -0.15) is 0 Å². The van der Waals surface area contributed by atoms with E-state index in [1.54, 1.807) is 6.92 Å². The van der Waals surface area contributed by atoms with E-state index in [-0.39, 0.29) is 0 Å². The van der Waals surface area contributed by atoms with Gasteiger partial charge in [0.25, 0.3) is 0 Å². The zero-order chi connectivity index (χ0) is 8.10. The smallest absolute Gasteiger partial charge is 0.134 e. The van der Waals surface area contributed by atoms with Crippen LogP contribution in [-0.2, 0) is 4.79 Å². The fraction of sp³-hybridized carbons (Fsp3) is 0.111. The summed E-state index contributed by atoms with van der Waals surface area (Å²) in [6.07, 6.45) is 0. The number of hydrogen-bond acceptors (Lipinski definition) is 2. The molecule has 0 radical (unpaired) electrons. The summed E-state index contributed by atoms with van der Waals surface area (Å²) in [5, 5.41) is 0. The van der Waals surface area contributed by atoms with E-state index in [9.17, 15) is 4.79 Å². The van der Waals surface area contributed by atoms with Crippen molar-refractivity contribution in [1.82, 2.24) is 0 Å². The van der Waals surface area contributed by atoms with E-state index in [0.717, 1.165) is 4.90 Å². The van der Waals surface area contributed by atoms with E-state index >= 15 is 0 Å². The molecule has 0 aromatic heterocycles. The van der Waals surface area contributed by atoms with E-state index in [1.807, 2.05) is 36.3 Å². The summed E-state index contributed by atoms with van der Waals surface area (Å²) in [5.41, 5.74) is 0. The predicted octanol–water partition coefficient (Wildman–Crippen LogP) is 2.51. The first kappa shape index (κ1) is 8.12. The normalized spacial score (nSPS) is 8.82. The highest BCUT2D eigenvalue weighted by Gasteiger charge is 1.92. The van der Waals surface area contributed by atoms with Gasteiger partial charge in [0.05, 0.1) is 4.91 Å². The maximum absolute atomic E-state index is 10.1. The Labute approximate surface area is 70.1 Å². The Balaban J connectivity index is 2.73. The minimum atomic E-state index is 0.663. The second-order valence-corrected chi connectivity index (χ2v) is 3.36. The Hall–Kier alpha value is -0.980. The van der Waals surface area contributed by atoms with Crippen LogP contribution in [0.25, 0.3) is 0 Å². The van der Waals surface area contributed by atoms with Crippen molar-refractivity contribution in [3.63, 3.8) is 0 Å². The van der Waals surface area contributed by atoms with Gasteiger partial charge < -0.3 is 0 Å². The van der Waals surface area contributed by atoms with Gasteiger partial charge in [0, 0.05) is 4.90 Å². The van der Waals surface area contributed by atoms with Crippen LogP contribution in [-0.4, -0.2) is 5.94 Å². The van der Waals surface area contributed by atoms with E-state index in [1.165, 1.54) is 11.8 Å². The molecular weight excluding hydrogens is 156 g/mol. The summed E-state index contributed by atoms with van der Waals surface area (Å²) in [7, 11) is 0. The van der Waals surface area contributed by atoms with Gasteiger partial charge in [-0.1, -0.05) is 30.0 Å². The van der Waals surface area contributed by atoms with Crippen LogP contribution in [0.5, 0.6) is 0 Å². The third kappa shape index (κ3) is 2.62.